The zero-order valence-electron chi connectivity index (χ0n) is 14.6. The minimum Gasteiger partial charge on any atom is -0.317 e. The van der Waals surface area contributed by atoms with Gasteiger partial charge in [0.2, 0.25) is 10.0 Å². The van der Waals surface area contributed by atoms with Crippen molar-refractivity contribution in [2.75, 3.05) is 13.1 Å². The molecule has 7 heteroatoms. The Morgan fingerprint density at radius 2 is 1.69 bits per heavy atom. The van der Waals surface area contributed by atoms with Crippen LogP contribution in [0.5, 0.6) is 0 Å². The molecule has 0 atom stereocenters. The first-order valence-electron chi connectivity index (χ1n) is 8.61. The van der Waals surface area contributed by atoms with Crippen molar-refractivity contribution in [2.24, 2.45) is 0 Å². The summed E-state index contributed by atoms with van der Waals surface area (Å²) in [5, 5.41) is 4.18. The summed E-state index contributed by atoms with van der Waals surface area (Å²) in [6.45, 7) is 3.84. The van der Waals surface area contributed by atoms with E-state index >= 15 is 0 Å². The molecular weight excluding hydrogens is 391 g/mol. The Kier molecular flexibility index (Phi) is 6.25. The quantitative estimate of drug-likeness (QED) is 0.798. The van der Waals surface area contributed by atoms with E-state index in [0.29, 0.717) is 14.9 Å². The maximum Gasteiger partial charge on any atom is 0.243 e. The van der Waals surface area contributed by atoms with Gasteiger partial charge in [0.15, 0.2) is 0 Å². The minimum atomic E-state index is -3.61. The van der Waals surface area contributed by atoms with Crippen molar-refractivity contribution in [1.82, 2.24) is 9.62 Å². The summed E-state index contributed by atoms with van der Waals surface area (Å²) >= 11 is 12.1. The van der Waals surface area contributed by atoms with E-state index in [2.05, 4.69) is 5.32 Å². The third kappa shape index (κ3) is 4.41. The van der Waals surface area contributed by atoms with Gasteiger partial charge >= 0.3 is 0 Å². The molecule has 140 valence electrons. The summed E-state index contributed by atoms with van der Waals surface area (Å²) in [7, 11) is -3.61. The van der Waals surface area contributed by atoms with E-state index in [1.807, 2.05) is 25.1 Å². The van der Waals surface area contributed by atoms with Crippen LogP contribution in [-0.2, 0) is 16.6 Å². The fourth-order valence-electron chi connectivity index (χ4n) is 3.17. The highest BCUT2D eigenvalue weighted by Crippen LogP contribution is 2.28. The number of piperidine rings is 1. The van der Waals surface area contributed by atoms with Gasteiger partial charge in [-0.15, -0.1) is 0 Å². The van der Waals surface area contributed by atoms with E-state index in [-0.39, 0.29) is 12.6 Å². The first-order chi connectivity index (χ1) is 12.4. The molecule has 4 nitrogen and oxygen atoms in total. The second-order valence-corrected chi connectivity index (χ2v) is 9.30. The second kappa shape index (κ2) is 8.28. The molecule has 0 spiro atoms. The maximum atomic E-state index is 13.3. The van der Waals surface area contributed by atoms with E-state index < -0.39 is 10.0 Å². The predicted molar refractivity (Wildman–Crippen MR) is 106 cm³/mol. The number of benzene rings is 2. The molecule has 1 N–H and O–H groups in total. The van der Waals surface area contributed by atoms with Crippen LogP contribution in [0.25, 0.3) is 0 Å². The van der Waals surface area contributed by atoms with E-state index in [1.54, 1.807) is 28.6 Å². The van der Waals surface area contributed by atoms with Gasteiger partial charge < -0.3 is 5.32 Å². The summed E-state index contributed by atoms with van der Waals surface area (Å²) in [5.41, 5.74) is 1.86. The Hall–Kier alpha value is -1.11. The van der Waals surface area contributed by atoms with Crippen LogP contribution in [0.15, 0.2) is 47.4 Å². The molecule has 0 aromatic heterocycles. The Balaban J connectivity index is 1.96. The molecule has 1 aliphatic rings. The van der Waals surface area contributed by atoms with Gasteiger partial charge in [0.05, 0.1) is 14.9 Å². The van der Waals surface area contributed by atoms with Crippen LogP contribution >= 0.6 is 23.2 Å². The van der Waals surface area contributed by atoms with Gasteiger partial charge in [-0.3, -0.25) is 0 Å². The van der Waals surface area contributed by atoms with E-state index in [9.17, 15) is 8.42 Å². The average molecular weight is 413 g/mol. The van der Waals surface area contributed by atoms with Crippen LogP contribution in [0, 0.1) is 6.92 Å². The molecule has 0 bridgehead atoms. The number of nitrogens with one attached hydrogen (secondary N) is 1. The van der Waals surface area contributed by atoms with Crippen LogP contribution in [-0.4, -0.2) is 31.9 Å². The van der Waals surface area contributed by atoms with Crippen molar-refractivity contribution in [3.63, 3.8) is 0 Å². The third-order valence-electron chi connectivity index (χ3n) is 4.67. The average Bonchev–Trinajstić information content (AvgIpc) is 2.63. The van der Waals surface area contributed by atoms with Crippen LogP contribution in [0.3, 0.4) is 0 Å². The number of sulfonamides is 1. The number of hydrogen-bond donors (Lipinski definition) is 1. The normalized spacial score (nSPS) is 16.2. The Morgan fingerprint density at radius 3 is 2.31 bits per heavy atom. The number of halogens is 2. The molecule has 1 saturated heterocycles. The van der Waals surface area contributed by atoms with Crippen molar-refractivity contribution >= 4 is 33.2 Å². The topological polar surface area (TPSA) is 49.4 Å². The third-order valence-corrected chi connectivity index (χ3v) is 7.32. The van der Waals surface area contributed by atoms with Gasteiger partial charge in [0, 0.05) is 12.6 Å². The Morgan fingerprint density at radius 1 is 1.04 bits per heavy atom. The molecule has 0 aliphatic carbocycles. The van der Waals surface area contributed by atoms with Crippen molar-refractivity contribution in [3.05, 3.63) is 63.6 Å². The molecule has 0 unspecified atom stereocenters. The smallest absolute Gasteiger partial charge is 0.243 e. The summed E-state index contributed by atoms with van der Waals surface area (Å²) < 4.78 is 28.3. The van der Waals surface area contributed by atoms with E-state index in [4.69, 9.17) is 23.2 Å². The highest BCUT2D eigenvalue weighted by atomic mass is 35.5. The van der Waals surface area contributed by atoms with Crippen molar-refractivity contribution in [3.8, 4) is 0 Å². The molecule has 0 radical (unpaired) electrons. The number of hydrogen-bond acceptors (Lipinski definition) is 3. The van der Waals surface area contributed by atoms with Crippen LogP contribution in [0.4, 0.5) is 0 Å². The highest BCUT2D eigenvalue weighted by molar-refractivity contribution is 7.89. The molecular formula is C19H22Cl2N2O2S. The van der Waals surface area contributed by atoms with Crippen LogP contribution in [0.1, 0.15) is 24.0 Å². The lowest BCUT2D eigenvalue weighted by Crippen LogP contribution is -2.45. The molecule has 2 aromatic rings. The SMILES string of the molecule is Cc1ccc(S(=O)(=O)N(Cc2ccc(Cl)c(Cl)c2)C2CCNCC2)cc1. The lowest BCUT2D eigenvalue weighted by atomic mass is 10.1. The van der Waals surface area contributed by atoms with Crippen molar-refractivity contribution < 1.29 is 8.42 Å². The molecule has 1 aliphatic heterocycles. The maximum absolute atomic E-state index is 13.3. The van der Waals surface area contributed by atoms with Gasteiger partial charge in [-0.2, -0.15) is 4.31 Å². The number of rotatable bonds is 5. The van der Waals surface area contributed by atoms with Gasteiger partial charge in [-0.25, -0.2) is 8.42 Å². The first-order valence-corrected chi connectivity index (χ1v) is 10.8. The summed E-state index contributed by atoms with van der Waals surface area (Å²) in [6.07, 6.45) is 1.57. The monoisotopic (exact) mass is 412 g/mol. The number of nitrogens with zero attached hydrogens (tertiary/aromatic N) is 1. The molecule has 0 amide bonds. The van der Waals surface area contributed by atoms with Gasteiger partial charge in [-0.1, -0.05) is 47.0 Å². The standard InChI is InChI=1S/C19H22Cl2N2O2S/c1-14-2-5-17(6-3-14)26(24,25)23(16-8-10-22-11-9-16)13-15-4-7-18(20)19(21)12-15/h2-7,12,16,22H,8-11,13H2,1H3. The summed E-state index contributed by atoms with van der Waals surface area (Å²) in [6, 6.07) is 12.2. The molecule has 2 aromatic carbocycles. The van der Waals surface area contributed by atoms with Crippen LogP contribution < -0.4 is 5.32 Å². The largest absolute Gasteiger partial charge is 0.317 e. The van der Waals surface area contributed by atoms with Gasteiger partial charge in [0.1, 0.15) is 0 Å². The predicted octanol–water partition coefficient (Wildman–Crippen LogP) is 4.24. The zero-order valence-corrected chi connectivity index (χ0v) is 16.9. The van der Waals surface area contributed by atoms with Crippen molar-refractivity contribution in [1.29, 1.82) is 0 Å². The van der Waals surface area contributed by atoms with Crippen molar-refractivity contribution in [2.45, 2.75) is 37.2 Å². The van der Waals surface area contributed by atoms with E-state index in [1.165, 1.54) is 0 Å². The Labute approximate surface area is 165 Å². The lowest BCUT2D eigenvalue weighted by Gasteiger charge is -2.34. The second-order valence-electron chi connectivity index (χ2n) is 6.59. The fourth-order valence-corrected chi connectivity index (χ4v) is 5.16. The molecule has 1 heterocycles. The molecule has 0 saturated carbocycles. The lowest BCUT2D eigenvalue weighted by molar-refractivity contribution is 0.256. The summed E-state index contributed by atoms with van der Waals surface area (Å²) in [4.78, 5) is 0.321. The van der Waals surface area contributed by atoms with Gasteiger partial charge in [-0.05, 0) is 62.7 Å². The fraction of sp³-hybridized carbons (Fsp3) is 0.368. The minimum absolute atomic E-state index is 0.0444. The highest BCUT2D eigenvalue weighted by Gasteiger charge is 2.32. The number of aryl methyl sites for hydroxylation is 1. The molecule has 26 heavy (non-hydrogen) atoms. The van der Waals surface area contributed by atoms with Gasteiger partial charge in [0.25, 0.3) is 0 Å². The van der Waals surface area contributed by atoms with E-state index in [0.717, 1.165) is 37.1 Å². The molecule has 3 rings (SSSR count). The molecule has 1 fully saturated rings. The van der Waals surface area contributed by atoms with Crippen LogP contribution in [0.2, 0.25) is 10.0 Å². The summed E-state index contributed by atoms with van der Waals surface area (Å²) in [5.74, 6) is 0. The first kappa shape index (κ1) is 19.6. The Bertz CT molecular complexity index is 864. The zero-order chi connectivity index (χ0) is 18.7.